The van der Waals surface area contributed by atoms with Crippen LogP contribution in [0.5, 0.6) is 0 Å². The van der Waals surface area contributed by atoms with Crippen molar-refractivity contribution in [1.29, 1.82) is 0 Å². The molecule has 0 radical (unpaired) electrons. The van der Waals surface area contributed by atoms with E-state index in [1.807, 2.05) is 13.8 Å². The molecule has 0 saturated heterocycles. The summed E-state index contributed by atoms with van der Waals surface area (Å²) < 4.78 is 27.7. The number of carbonyl (C=O) groups is 1. The molecule has 20 heavy (non-hydrogen) atoms. The fourth-order valence-corrected chi connectivity index (χ4v) is 3.75. The maximum Gasteiger partial charge on any atom is 0.249 e. The molecule has 114 valence electrons. The van der Waals surface area contributed by atoms with E-state index in [-0.39, 0.29) is 29.7 Å². The van der Waals surface area contributed by atoms with Gasteiger partial charge >= 0.3 is 0 Å². The number of nitrogens with zero attached hydrogens (tertiary/aromatic N) is 3. The molecule has 0 unspecified atom stereocenters. The van der Waals surface area contributed by atoms with Gasteiger partial charge in [0.05, 0.1) is 12.2 Å². The van der Waals surface area contributed by atoms with Crippen LogP contribution < -0.4 is 11.5 Å². The van der Waals surface area contributed by atoms with Crippen molar-refractivity contribution in [3.8, 4) is 0 Å². The number of aryl methyl sites for hydroxylation is 1. The minimum absolute atomic E-state index is 0.0438. The molecule has 1 amide bonds. The van der Waals surface area contributed by atoms with Crippen LogP contribution in [0, 0.1) is 12.8 Å². The van der Waals surface area contributed by atoms with E-state index in [4.69, 9.17) is 11.5 Å². The van der Waals surface area contributed by atoms with Crippen LogP contribution in [0.2, 0.25) is 0 Å². The molecule has 1 aromatic rings. The van der Waals surface area contributed by atoms with Crippen LogP contribution in [0.25, 0.3) is 0 Å². The average molecular weight is 303 g/mol. The number of primary amides is 1. The molecule has 0 spiro atoms. The van der Waals surface area contributed by atoms with Gasteiger partial charge in [0.25, 0.3) is 0 Å². The first-order valence-electron chi connectivity index (χ1n) is 6.14. The van der Waals surface area contributed by atoms with Gasteiger partial charge in [-0.25, -0.2) is 8.42 Å². The molecule has 1 rings (SSSR count). The molecule has 0 aliphatic rings. The Morgan fingerprint density at radius 3 is 2.35 bits per heavy atom. The third-order valence-electron chi connectivity index (χ3n) is 2.80. The molecule has 0 aliphatic heterocycles. The molecule has 0 bridgehead atoms. The quantitative estimate of drug-likeness (QED) is 0.729. The molecule has 9 heteroatoms. The molecule has 1 heterocycles. The van der Waals surface area contributed by atoms with Gasteiger partial charge < -0.3 is 11.5 Å². The van der Waals surface area contributed by atoms with E-state index in [1.165, 1.54) is 4.68 Å². The first-order valence-corrected chi connectivity index (χ1v) is 7.58. The third kappa shape index (κ3) is 3.28. The van der Waals surface area contributed by atoms with Crippen molar-refractivity contribution in [3.05, 3.63) is 5.69 Å². The molecule has 0 saturated carbocycles. The fourth-order valence-electron chi connectivity index (χ4n) is 1.89. The summed E-state index contributed by atoms with van der Waals surface area (Å²) in [6.07, 6.45) is 0. The lowest BCUT2D eigenvalue weighted by atomic mass is 10.2. The van der Waals surface area contributed by atoms with Gasteiger partial charge in [0.1, 0.15) is 4.90 Å². The second kappa shape index (κ2) is 5.80. The van der Waals surface area contributed by atoms with Gasteiger partial charge in [-0.15, -0.1) is 0 Å². The summed E-state index contributed by atoms with van der Waals surface area (Å²) in [4.78, 5) is 11.0. The van der Waals surface area contributed by atoms with E-state index < -0.39 is 15.9 Å². The molecule has 0 aromatic carbocycles. The zero-order chi connectivity index (χ0) is 15.7. The van der Waals surface area contributed by atoms with Crippen LogP contribution in [0.1, 0.15) is 19.5 Å². The van der Waals surface area contributed by atoms with Crippen molar-refractivity contribution in [3.63, 3.8) is 0 Å². The Hall–Kier alpha value is -1.61. The molecule has 0 fully saturated rings. The number of carbonyl (C=O) groups excluding carboxylic acids is 1. The second-order valence-corrected chi connectivity index (χ2v) is 6.96. The highest BCUT2D eigenvalue weighted by atomic mass is 32.2. The van der Waals surface area contributed by atoms with Crippen LogP contribution in [-0.2, 0) is 21.9 Å². The number of anilines is 1. The molecule has 4 N–H and O–H groups in total. The zero-order valence-corrected chi connectivity index (χ0v) is 12.9. The maximum atomic E-state index is 12.6. The third-order valence-corrected chi connectivity index (χ3v) is 4.78. The van der Waals surface area contributed by atoms with E-state index in [1.54, 1.807) is 14.0 Å². The number of nitrogens with two attached hydrogens (primary N) is 2. The van der Waals surface area contributed by atoms with Crippen LogP contribution >= 0.6 is 0 Å². The Labute approximate surface area is 118 Å². The maximum absolute atomic E-state index is 12.6. The molecule has 0 atom stereocenters. The number of rotatable bonds is 6. The van der Waals surface area contributed by atoms with E-state index in [0.717, 1.165) is 4.31 Å². The van der Waals surface area contributed by atoms with Crippen LogP contribution in [0.4, 0.5) is 5.82 Å². The van der Waals surface area contributed by atoms with Gasteiger partial charge in [-0.05, 0) is 12.8 Å². The summed E-state index contributed by atoms with van der Waals surface area (Å²) in [5.41, 5.74) is 11.2. The zero-order valence-electron chi connectivity index (χ0n) is 12.1. The summed E-state index contributed by atoms with van der Waals surface area (Å²) in [5.74, 6) is -0.750. The summed E-state index contributed by atoms with van der Waals surface area (Å²) in [6, 6.07) is 0. The van der Waals surface area contributed by atoms with Gasteiger partial charge in [-0.1, -0.05) is 13.8 Å². The number of sulfonamides is 1. The number of nitrogen functional groups attached to an aromatic ring is 1. The van der Waals surface area contributed by atoms with Crippen molar-refractivity contribution in [2.45, 2.75) is 25.7 Å². The Morgan fingerprint density at radius 1 is 1.45 bits per heavy atom. The van der Waals surface area contributed by atoms with Gasteiger partial charge in [0.15, 0.2) is 5.82 Å². The number of amides is 1. The van der Waals surface area contributed by atoms with Gasteiger partial charge in [-0.3, -0.25) is 9.48 Å². The number of aromatic nitrogens is 2. The minimum atomic E-state index is -3.91. The van der Waals surface area contributed by atoms with Crippen molar-refractivity contribution in [1.82, 2.24) is 14.1 Å². The van der Waals surface area contributed by atoms with Crippen LogP contribution in [0.3, 0.4) is 0 Å². The standard InChI is InChI=1S/C11H21N5O3S/c1-7(2)5-16(6-9(12)17)20(18,19)10-8(3)15(4)14-11(10)13/h7H,5-6H2,1-4H3,(H2,12,17)(H2,13,14). The largest absolute Gasteiger partial charge is 0.381 e. The molecular formula is C11H21N5O3S. The first-order chi connectivity index (χ1) is 9.07. The van der Waals surface area contributed by atoms with Crippen LogP contribution in [0.15, 0.2) is 4.90 Å². The van der Waals surface area contributed by atoms with Gasteiger partial charge in [0.2, 0.25) is 15.9 Å². The fraction of sp³-hybridized carbons (Fsp3) is 0.636. The predicted molar refractivity (Wildman–Crippen MR) is 75.1 cm³/mol. The lowest BCUT2D eigenvalue weighted by Gasteiger charge is -2.22. The predicted octanol–water partition coefficient (Wildman–Crippen LogP) is -0.557. The highest BCUT2D eigenvalue weighted by Crippen LogP contribution is 2.25. The van der Waals surface area contributed by atoms with Gasteiger partial charge in [-0.2, -0.15) is 9.40 Å². The second-order valence-electron chi connectivity index (χ2n) is 5.08. The minimum Gasteiger partial charge on any atom is -0.381 e. The van der Waals surface area contributed by atoms with Crippen molar-refractivity contribution >= 4 is 21.7 Å². The van der Waals surface area contributed by atoms with Gasteiger partial charge in [0, 0.05) is 13.6 Å². The normalized spacial score (nSPS) is 12.3. The SMILES string of the molecule is Cc1c(S(=O)(=O)N(CC(N)=O)CC(C)C)c(N)nn1C. The Bertz CT molecular complexity index is 606. The molecule has 1 aromatic heterocycles. The summed E-state index contributed by atoms with van der Waals surface area (Å²) in [5, 5.41) is 3.89. The lowest BCUT2D eigenvalue weighted by molar-refractivity contribution is -0.118. The highest BCUT2D eigenvalue weighted by molar-refractivity contribution is 7.89. The molecule has 0 aliphatic carbocycles. The smallest absolute Gasteiger partial charge is 0.249 e. The monoisotopic (exact) mass is 303 g/mol. The molecule has 8 nitrogen and oxygen atoms in total. The lowest BCUT2D eigenvalue weighted by Crippen LogP contribution is -2.40. The Balaban J connectivity index is 3.32. The van der Waals surface area contributed by atoms with E-state index in [9.17, 15) is 13.2 Å². The Morgan fingerprint density at radius 2 is 2.00 bits per heavy atom. The highest BCUT2D eigenvalue weighted by Gasteiger charge is 2.32. The van der Waals surface area contributed by atoms with E-state index in [0.29, 0.717) is 5.69 Å². The summed E-state index contributed by atoms with van der Waals surface area (Å²) >= 11 is 0. The number of hydrogen-bond donors (Lipinski definition) is 2. The van der Waals surface area contributed by atoms with E-state index in [2.05, 4.69) is 5.10 Å². The van der Waals surface area contributed by atoms with Crippen molar-refractivity contribution in [2.75, 3.05) is 18.8 Å². The molecular weight excluding hydrogens is 282 g/mol. The van der Waals surface area contributed by atoms with E-state index >= 15 is 0 Å². The van der Waals surface area contributed by atoms with Crippen molar-refractivity contribution < 1.29 is 13.2 Å². The van der Waals surface area contributed by atoms with Crippen molar-refractivity contribution in [2.24, 2.45) is 18.7 Å². The topological polar surface area (TPSA) is 124 Å². The number of hydrogen-bond acceptors (Lipinski definition) is 5. The summed E-state index contributed by atoms with van der Waals surface area (Å²) in [6.45, 7) is 5.10. The Kier molecular flexibility index (Phi) is 4.77. The first kappa shape index (κ1) is 16.4. The van der Waals surface area contributed by atoms with Crippen LogP contribution in [-0.4, -0.2) is 41.5 Å². The average Bonchev–Trinajstić information content (AvgIpc) is 2.50. The summed E-state index contributed by atoms with van der Waals surface area (Å²) in [7, 11) is -2.30.